The van der Waals surface area contributed by atoms with E-state index in [1.165, 1.54) is 0 Å². The molecule has 7 heteroatoms. The average molecular weight is 413 g/mol. The number of carbonyl (C=O) groups is 1. The van der Waals surface area contributed by atoms with Gasteiger partial charge in [0.15, 0.2) is 6.61 Å². The number of aromatic nitrogens is 1. The molecule has 4 aromatic rings. The highest BCUT2D eigenvalue weighted by Gasteiger charge is 2.16. The van der Waals surface area contributed by atoms with E-state index in [0.29, 0.717) is 12.2 Å². The third kappa shape index (κ3) is 3.87. The third-order valence-electron chi connectivity index (χ3n) is 4.48. The van der Waals surface area contributed by atoms with E-state index in [4.69, 9.17) is 4.74 Å². The Kier molecular flexibility index (Phi) is 5.57. The molecule has 0 spiro atoms. The van der Waals surface area contributed by atoms with E-state index in [-0.39, 0.29) is 25.2 Å². The zero-order valence-corrected chi connectivity index (χ0v) is 17.0. The minimum Gasteiger partial charge on any atom is -0.483 e. The van der Waals surface area contributed by atoms with Crippen molar-refractivity contribution in [1.29, 1.82) is 0 Å². The first-order chi connectivity index (χ1) is 13.7. The summed E-state index contributed by atoms with van der Waals surface area (Å²) in [5.41, 5.74) is 1.96. The molecule has 0 aliphatic rings. The largest absolute Gasteiger partial charge is 0.483 e. The normalized spacial score (nSPS) is 12.4. The lowest BCUT2D eigenvalue weighted by molar-refractivity contribution is -0.123. The van der Waals surface area contributed by atoms with Crippen LogP contribution in [0.3, 0.4) is 0 Å². The summed E-state index contributed by atoms with van der Waals surface area (Å²) >= 11 is 3.25. The highest BCUT2D eigenvalue weighted by atomic mass is 32.1. The van der Waals surface area contributed by atoms with Crippen LogP contribution in [0.5, 0.6) is 5.75 Å². The number of hydrogen-bond donors (Lipinski definition) is 2. The topological polar surface area (TPSA) is 71.5 Å². The number of aryl methyl sites for hydroxylation is 1. The van der Waals surface area contributed by atoms with Gasteiger partial charge in [-0.1, -0.05) is 30.3 Å². The van der Waals surface area contributed by atoms with Crippen LogP contribution in [0.2, 0.25) is 0 Å². The monoisotopic (exact) mass is 412 g/mol. The fourth-order valence-corrected chi connectivity index (χ4v) is 5.06. The third-order valence-corrected chi connectivity index (χ3v) is 6.32. The number of thiophene rings is 1. The molecule has 0 fully saturated rings. The molecule has 2 heterocycles. The second-order valence-electron chi connectivity index (χ2n) is 6.45. The van der Waals surface area contributed by atoms with Crippen LogP contribution in [0.1, 0.15) is 23.0 Å². The Balaban J connectivity index is 1.50. The molecule has 28 heavy (non-hydrogen) atoms. The fourth-order valence-electron chi connectivity index (χ4n) is 3.22. The molecule has 5 nitrogen and oxygen atoms in total. The lowest BCUT2D eigenvalue weighted by Gasteiger charge is -2.18. The molecule has 0 radical (unpaired) electrons. The molecule has 2 aromatic carbocycles. The minimum absolute atomic E-state index is 0.00236. The molecule has 0 bridgehead atoms. The first kappa shape index (κ1) is 18.9. The number of amides is 1. The Morgan fingerprint density at radius 1 is 1.29 bits per heavy atom. The number of rotatable bonds is 7. The second-order valence-corrected chi connectivity index (χ2v) is 8.60. The number of aliphatic hydroxyl groups excluding tert-OH is 1. The molecule has 1 amide bonds. The average Bonchev–Trinajstić information content (AvgIpc) is 3.32. The van der Waals surface area contributed by atoms with Gasteiger partial charge in [0.25, 0.3) is 5.91 Å². The number of aliphatic hydroxyl groups is 1. The molecule has 1 atom stereocenters. The highest BCUT2D eigenvalue weighted by molar-refractivity contribution is 7.21. The van der Waals surface area contributed by atoms with Crippen LogP contribution in [0.15, 0.2) is 47.8 Å². The van der Waals surface area contributed by atoms with E-state index in [1.54, 1.807) is 22.7 Å². The number of benzene rings is 2. The summed E-state index contributed by atoms with van der Waals surface area (Å²) in [6, 6.07) is 13.4. The van der Waals surface area contributed by atoms with Crippen LogP contribution >= 0.6 is 22.7 Å². The molecule has 0 saturated carbocycles. The van der Waals surface area contributed by atoms with Gasteiger partial charge in [0.1, 0.15) is 5.75 Å². The van der Waals surface area contributed by atoms with Crippen molar-refractivity contribution in [2.45, 2.75) is 19.4 Å². The number of hydrogen-bond acceptors (Lipinski definition) is 6. The first-order valence-electron chi connectivity index (χ1n) is 9.01. The summed E-state index contributed by atoms with van der Waals surface area (Å²) in [6.45, 7) is 1.91. The standard InChI is InChI=1S/C21H20N2O3S2/c1-13-22-20-18(28-13)11-17(15-8-10-27-21(15)20)26-12-19(25)23-16(7-9-24)14-5-3-2-4-6-14/h2-6,8,10-11,16,24H,7,9,12H2,1H3,(H,23,25)/t16-/m0/s1. The first-order valence-corrected chi connectivity index (χ1v) is 10.7. The summed E-state index contributed by atoms with van der Waals surface area (Å²) in [7, 11) is 0. The minimum atomic E-state index is -0.241. The van der Waals surface area contributed by atoms with E-state index in [1.807, 2.05) is 54.8 Å². The number of ether oxygens (including phenoxy) is 1. The van der Waals surface area contributed by atoms with Crippen LogP contribution in [-0.2, 0) is 4.79 Å². The van der Waals surface area contributed by atoms with E-state index in [2.05, 4.69) is 10.3 Å². The van der Waals surface area contributed by atoms with Gasteiger partial charge in [-0.2, -0.15) is 0 Å². The van der Waals surface area contributed by atoms with Crippen LogP contribution in [0, 0.1) is 6.92 Å². The molecule has 4 rings (SSSR count). The quantitative estimate of drug-likeness (QED) is 0.471. The maximum atomic E-state index is 12.5. The Morgan fingerprint density at radius 3 is 2.89 bits per heavy atom. The van der Waals surface area contributed by atoms with Gasteiger partial charge in [-0.05, 0) is 30.4 Å². The Labute approximate surface area is 170 Å². The van der Waals surface area contributed by atoms with Gasteiger partial charge in [-0.3, -0.25) is 4.79 Å². The summed E-state index contributed by atoms with van der Waals surface area (Å²) in [6.07, 6.45) is 0.455. The summed E-state index contributed by atoms with van der Waals surface area (Å²) in [5.74, 6) is 0.479. The molecular weight excluding hydrogens is 392 g/mol. The molecule has 144 valence electrons. The lowest BCUT2D eigenvalue weighted by atomic mass is 10.0. The SMILES string of the molecule is Cc1nc2c(cc(OCC(=O)N[C@@H](CCO)c3ccccc3)c3ccsc32)s1. The molecule has 2 N–H and O–H groups in total. The molecule has 2 aromatic heterocycles. The Morgan fingerprint density at radius 2 is 2.11 bits per heavy atom. The van der Waals surface area contributed by atoms with Gasteiger partial charge >= 0.3 is 0 Å². The summed E-state index contributed by atoms with van der Waals surface area (Å²) in [5, 5.41) is 16.3. The maximum absolute atomic E-state index is 12.5. The zero-order valence-electron chi connectivity index (χ0n) is 15.3. The lowest BCUT2D eigenvalue weighted by Crippen LogP contribution is -2.33. The number of thiazole rings is 1. The van der Waals surface area contributed by atoms with Crippen molar-refractivity contribution in [1.82, 2.24) is 10.3 Å². The number of nitrogens with zero attached hydrogens (tertiary/aromatic N) is 1. The predicted octanol–water partition coefficient (Wildman–Crippen LogP) is 4.44. The number of fused-ring (bicyclic) bond motifs is 3. The van der Waals surface area contributed by atoms with E-state index < -0.39 is 0 Å². The maximum Gasteiger partial charge on any atom is 0.258 e. The van der Waals surface area contributed by atoms with Gasteiger partial charge in [-0.25, -0.2) is 4.98 Å². The molecule has 0 unspecified atom stereocenters. The van der Waals surface area contributed by atoms with Gasteiger partial charge in [0.2, 0.25) is 0 Å². The van der Waals surface area contributed by atoms with Crippen LogP contribution < -0.4 is 10.1 Å². The van der Waals surface area contributed by atoms with Gasteiger partial charge in [0, 0.05) is 18.1 Å². The fraction of sp³-hybridized carbons (Fsp3) is 0.238. The Hall–Kier alpha value is -2.48. The molecule has 0 aliphatic heterocycles. The summed E-state index contributed by atoms with van der Waals surface area (Å²) < 4.78 is 8.03. The van der Waals surface area contributed by atoms with Crippen molar-refractivity contribution in [3.05, 3.63) is 58.4 Å². The molecule has 0 saturated heterocycles. The van der Waals surface area contributed by atoms with Gasteiger partial charge in [-0.15, -0.1) is 22.7 Å². The van der Waals surface area contributed by atoms with Crippen LogP contribution in [0.4, 0.5) is 0 Å². The second kappa shape index (κ2) is 8.26. The Bertz CT molecular complexity index is 1100. The zero-order chi connectivity index (χ0) is 19.5. The van der Waals surface area contributed by atoms with Crippen LogP contribution in [-0.4, -0.2) is 29.2 Å². The van der Waals surface area contributed by atoms with Crippen LogP contribution in [0.25, 0.3) is 20.3 Å². The van der Waals surface area contributed by atoms with Crippen molar-refractivity contribution >= 4 is 48.9 Å². The van der Waals surface area contributed by atoms with E-state index in [9.17, 15) is 9.90 Å². The van der Waals surface area contributed by atoms with E-state index >= 15 is 0 Å². The highest BCUT2D eigenvalue weighted by Crippen LogP contribution is 2.38. The van der Waals surface area contributed by atoms with Gasteiger partial charge in [0.05, 0.1) is 26.0 Å². The van der Waals surface area contributed by atoms with Crippen molar-refractivity contribution in [2.24, 2.45) is 0 Å². The predicted molar refractivity (Wildman–Crippen MR) is 114 cm³/mol. The van der Waals surface area contributed by atoms with Gasteiger partial charge < -0.3 is 15.2 Å². The number of nitrogens with one attached hydrogen (secondary N) is 1. The molecule has 0 aliphatic carbocycles. The van der Waals surface area contributed by atoms with Crippen molar-refractivity contribution < 1.29 is 14.6 Å². The van der Waals surface area contributed by atoms with Crippen molar-refractivity contribution in [3.8, 4) is 5.75 Å². The van der Waals surface area contributed by atoms with Crippen molar-refractivity contribution in [3.63, 3.8) is 0 Å². The smallest absolute Gasteiger partial charge is 0.258 e. The van der Waals surface area contributed by atoms with Crippen molar-refractivity contribution in [2.75, 3.05) is 13.2 Å². The number of carbonyl (C=O) groups excluding carboxylic acids is 1. The summed E-state index contributed by atoms with van der Waals surface area (Å²) in [4.78, 5) is 17.1. The molecular formula is C21H20N2O3S2. The van der Waals surface area contributed by atoms with E-state index in [0.717, 1.165) is 30.9 Å².